The molecule has 0 N–H and O–H groups in total. The van der Waals surface area contributed by atoms with Gasteiger partial charge in [0.2, 0.25) is 0 Å². The molecule has 0 aromatic rings. The van der Waals surface area contributed by atoms with Crippen LogP contribution < -0.4 is 0 Å². The summed E-state index contributed by atoms with van der Waals surface area (Å²) < 4.78 is 0. The van der Waals surface area contributed by atoms with Gasteiger partial charge in [0.05, 0.1) is 0 Å². The first-order valence-corrected chi connectivity index (χ1v) is 8.70. The van der Waals surface area contributed by atoms with Crippen molar-refractivity contribution < 1.29 is 23.3 Å². The molecule has 7 heavy (non-hydrogen) atoms. The molecule has 0 amide bonds. The van der Waals surface area contributed by atoms with Crippen molar-refractivity contribution in [1.29, 1.82) is 0 Å². The van der Waals surface area contributed by atoms with Gasteiger partial charge < -0.3 is 0 Å². The van der Waals surface area contributed by atoms with Crippen LogP contribution in [0.5, 0.6) is 0 Å². The fraction of sp³-hybridized carbons (Fsp3) is 1.00. The normalized spacial score (nSPS) is 9.14. The molecule has 38 valence electrons. The molecule has 0 atom stereocenters. The second kappa shape index (κ2) is 5.24. The van der Waals surface area contributed by atoms with Gasteiger partial charge in [-0.2, -0.15) is 0 Å². The minimum absolute atomic E-state index is 0.193. The molecule has 0 spiro atoms. The van der Waals surface area contributed by atoms with Gasteiger partial charge in [0.1, 0.15) is 0 Å². The van der Waals surface area contributed by atoms with Crippen LogP contribution in [0.25, 0.3) is 0 Å². The van der Waals surface area contributed by atoms with E-state index >= 15 is 0 Å². The Morgan fingerprint density at radius 3 is 2.29 bits per heavy atom. The van der Waals surface area contributed by atoms with E-state index < -0.39 is 0 Å². The minimum atomic E-state index is 0.193. The molecule has 0 saturated carbocycles. The maximum atomic E-state index is 2.42. The van der Waals surface area contributed by atoms with Crippen molar-refractivity contribution in [1.82, 2.24) is 0 Å². The summed E-state index contributed by atoms with van der Waals surface area (Å²) in [6, 6.07) is 1.54. The van der Waals surface area contributed by atoms with E-state index in [1.165, 1.54) is 12.8 Å². The summed E-state index contributed by atoms with van der Waals surface area (Å²) in [7, 11) is 0. The van der Waals surface area contributed by atoms with Crippen molar-refractivity contribution in [2.75, 3.05) is 0 Å². The van der Waals surface area contributed by atoms with Gasteiger partial charge in [-0.05, 0) is 0 Å². The fourth-order valence-electron chi connectivity index (χ4n) is 0.442. The molecule has 0 rings (SSSR count). The topological polar surface area (TPSA) is 0 Å². The van der Waals surface area contributed by atoms with Gasteiger partial charge in [0.25, 0.3) is 0 Å². The molecule has 0 nitrogen and oxygen atoms in total. The molecule has 0 bridgehead atoms. The molecule has 0 aromatic carbocycles. The van der Waals surface area contributed by atoms with Crippen molar-refractivity contribution in [2.24, 2.45) is 0 Å². The zero-order valence-corrected chi connectivity index (χ0v) is 8.58. The first-order valence-electron chi connectivity index (χ1n) is 2.81. The average Bonchev–Trinajstić information content (AvgIpc) is 1.61. The van der Waals surface area contributed by atoms with Gasteiger partial charge in [-0.25, -0.2) is 0 Å². The van der Waals surface area contributed by atoms with Gasteiger partial charge in [-0.1, -0.05) is 0 Å². The summed E-state index contributed by atoms with van der Waals surface area (Å²) in [5.74, 6) is 0. The van der Waals surface area contributed by atoms with Crippen LogP contribution in [0.4, 0.5) is 0 Å². The molecule has 0 aromatic heterocycles. The van der Waals surface area contributed by atoms with Gasteiger partial charge in [0, 0.05) is 0 Å². The van der Waals surface area contributed by atoms with Crippen LogP contribution in [0.1, 0.15) is 19.8 Å². The Balaban J connectivity index is 2.82. The van der Waals surface area contributed by atoms with Crippen LogP contribution in [0.2, 0.25) is 12.6 Å². The van der Waals surface area contributed by atoms with Gasteiger partial charge in [0.15, 0.2) is 0 Å². The van der Waals surface area contributed by atoms with Gasteiger partial charge in [-0.3, -0.25) is 0 Å². The van der Waals surface area contributed by atoms with E-state index in [9.17, 15) is 0 Å². The maximum absolute atomic E-state index is 2.42. The summed E-state index contributed by atoms with van der Waals surface area (Å²) in [6.07, 6.45) is 2.85. The molecule has 0 heterocycles. The van der Waals surface area contributed by atoms with E-state index in [1.54, 1.807) is 29.4 Å². The second-order valence-corrected chi connectivity index (χ2v) is 10.2. The summed E-state index contributed by atoms with van der Waals surface area (Å²) in [5, 5.41) is 0. The van der Waals surface area contributed by atoms with E-state index in [-0.39, 0.29) is 5.43 Å². The van der Waals surface area contributed by atoms with E-state index in [2.05, 4.69) is 13.5 Å². The quantitative estimate of drug-likeness (QED) is 0.598. The van der Waals surface area contributed by atoms with Crippen molar-refractivity contribution in [2.45, 2.75) is 32.4 Å². The second-order valence-electron chi connectivity index (χ2n) is 1.88. The van der Waals surface area contributed by atoms with Crippen LogP contribution in [0.3, 0.4) is 0 Å². The van der Waals surface area contributed by atoms with Crippen LogP contribution >= 0.6 is 0 Å². The Morgan fingerprint density at radius 2 is 2.14 bits per heavy atom. The Hall–Kier alpha value is 1.10. The molecule has 0 radical (unpaired) electrons. The molecular formula is C5H12SiZr+2. The predicted octanol–water partition coefficient (Wildman–Crippen LogP) is 1.95. The zero-order chi connectivity index (χ0) is 5.70. The zero-order valence-electron chi connectivity index (χ0n) is 5.12. The summed E-state index contributed by atoms with van der Waals surface area (Å²) >= 11 is 1.80. The van der Waals surface area contributed by atoms with Crippen LogP contribution in [0.15, 0.2) is 0 Å². The number of unbranched alkanes of at least 4 members (excludes halogenated alkanes) is 1. The van der Waals surface area contributed by atoms with Crippen molar-refractivity contribution >= 4 is 5.43 Å². The van der Waals surface area contributed by atoms with Crippen molar-refractivity contribution in [3.05, 3.63) is 0 Å². The monoisotopic (exact) mass is 190 g/mol. The van der Waals surface area contributed by atoms with Crippen LogP contribution in [-0.4, -0.2) is 5.43 Å². The Labute approximate surface area is 61.1 Å². The Kier molecular flexibility index (Phi) is 6.06. The standard InChI is InChI=1S/C5H12Si.Zr/c1-3-4-5-6-2;/h3-5H2,1-2H3;/q;+2. The molecule has 0 aliphatic rings. The third-order valence-corrected chi connectivity index (χ3v) is 3.85. The van der Waals surface area contributed by atoms with E-state index in [0.717, 1.165) is 0 Å². The first kappa shape index (κ1) is 8.10. The summed E-state index contributed by atoms with van der Waals surface area (Å²) in [6.45, 7) is 4.68. The van der Waals surface area contributed by atoms with Gasteiger partial charge in [-0.15, -0.1) is 0 Å². The Morgan fingerprint density at radius 1 is 1.57 bits per heavy atom. The molecule has 0 aliphatic heterocycles. The fourth-order valence-corrected chi connectivity index (χ4v) is 2.63. The number of rotatable bonds is 3. The third-order valence-electron chi connectivity index (χ3n) is 0.905. The van der Waals surface area contributed by atoms with Gasteiger partial charge >= 0.3 is 61.1 Å². The van der Waals surface area contributed by atoms with Crippen molar-refractivity contribution in [3.63, 3.8) is 0 Å². The van der Waals surface area contributed by atoms with E-state index in [4.69, 9.17) is 0 Å². The van der Waals surface area contributed by atoms with E-state index in [0.29, 0.717) is 0 Å². The molecule has 2 heteroatoms. The molecule has 0 fully saturated rings. The number of hydrogen-bond acceptors (Lipinski definition) is 0. The van der Waals surface area contributed by atoms with E-state index in [1.807, 2.05) is 0 Å². The number of hydrogen-bond donors (Lipinski definition) is 0. The summed E-state index contributed by atoms with van der Waals surface area (Å²) in [5.41, 5.74) is 0.193. The first-order chi connectivity index (χ1) is 3.27. The van der Waals surface area contributed by atoms with Crippen LogP contribution in [-0.2, 0) is 23.3 Å². The molecule has 0 aliphatic carbocycles. The summed E-state index contributed by atoms with van der Waals surface area (Å²) in [4.78, 5) is 0. The molecule has 0 unspecified atom stereocenters. The predicted molar refractivity (Wildman–Crippen MR) is 31.3 cm³/mol. The molecule has 0 saturated heterocycles. The third kappa shape index (κ3) is 7.10. The Bertz CT molecular complexity index is 61.1. The van der Waals surface area contributed by atoms with Crippen LogP contribution in [0, 0.1) is 0 Å². The average molecular weight is 191 g/mol. The SMILES string of the molecule is CCCC[Si](C)=[Zr+2]. The molecular weight excluding hydrogens is 179 g/mol. The van der Waals surface area contributed by atoms with Crippen molar-refractivity contribution in [3.8, 4) is 0 Å².